The van der Waals surface area contributed by atoms with Crippen molar-refractivity contribution in [2.45, 2.75) is 33.2 Å². The predicted octanol–water partition coefficient (Wildman–Crippen LogP) is 1.54. The highest BCUT2D eigenvalue weighted by Gasteiger charge is 2.09. The SMILES string of the molecule is CCCNc1nc(NC(C)COC)nc(OCC)n1. The maximum atomic E-state index is 5.34. The normalized spacial score (nSPS) is 12.0. The van der Waals surface area contributed by atoms with Gasteiger partial charge in [-0.3, -0.25) is 0 Å². The standard InChI is InChI=1S/C12H23N5O2/c1-5-7-13-10-15-11(14-9(3)8-18-4)17-12(16-10)19-6-2/h9H,5-8H2,1-4H3,(H2,13,14,15,16,17). The van der Waals surface area contributed by atoms with Gasteiger partial charge >= 0.3 is 6.01 Å². The van der Waals surface area contributed by atoms with Crippen molar-refractivity contribution in [2.24, 2.45) is 0 Å². The van der Waals surface area contributed by atoms with Crippen LogP contribution in [0.15, 0.2) is 0 Å². The first-order chi connectivity index (χ1) is 9.19. The first kappa shape index (κ1) is 15.4. The van der Waals surface area contributed by atoms with Crippen molar-refractivity contribution in [3.05, 3.63) is 0 Å². The minimum atomic E-state index is 0.112. The molecule has 1 aromatic rings. The Kier molecular flexibility index (Phi) is 6.88. The molecular formula is C12H23N5O2. The Bertz CT molecular complexity index is 375. The first-order valence-corrected chi connectivity index (χ1v) is 6.57. The summed E-state index contributed by atoms with van der Waals surface area (Å²) in [5, 5.41) is 6.28. The lowest BCUT2D eigenvalue weighted by molar-refractivity contribution is 0.190. The monoisotopic (exact) mass is 269 g/mol. The van der Waals surface area contributed by atoms with Gasteiger partial charge in [-0.25, -0.2) is 0 Å². The third kappa shape index (κ3) is 5.69. The van der Waals surface area contributed by atoms with Crippen LogP contribution in [-0.4, -0.2) is 47.9 Å². The molecule has 1 heterocycles. The fourth-order valence-electron chi connectivity index (χ4n) is 1.44. The van der Waals surface area contributed by atoms with Crippen molar-refractivity contribution in [1.29, 1.82) is 0 Å². The summed E-state index contributed by atoms with van der Waals surface area (Å²) >= 11 is 0. The smallest absolute Gasteiger partial charge is 0.323 e. The molecule has 7 nitrogen and oxygen atoms in total. The molecule has 1 aromatic heterocycles. The van der Waals surface area contributed by atoms with Gasteiger partial charge in [0.05, 0.1) is 13.2 Å². The average molecular weight is 269 g/mol. The lowest BCUT2D eigenvalue weighted by atomic mass is 10.4. The fourth-order valence-corrected chi connectivity index (χ4v) is 1.44. The number of hydrogen-bond donors (Lipinski definition) is 2. The molecule has 108 valence electrons. The molecule has 0 amide bonds. The van der Waals surface area contributed by atoms with E-state index in [1.807, 2.05) is 13.8 Å². The van der Waals surface area contributed by atoms with Gasteiger partial charge in [0.25, 0.3) is 0 Å². The van der Waals surface area contributed by atoms with E-state index in [4.69, 9.17) is 9.47 Å². The topological polar surface area (TPSA) is 81.2 Å². The quantitative estimate of drug-likeness (QED) is 0.703. The zero-order chi connectivity index (χ0) is 14.1. The highest BCUT2D eigenvalue weighted by molar-refractivity contribution is 5.36. The first-order valence-electron chi connectivity index (χ1n) is 6.57. The number of ether oxygens (including phenoxy) is 2. The molecule has 0 saturated heterocycles. The Balaban J connectivity index is 2.79. The fraction of sp³-hybridized carbons (Fsp3) is 0.750. The van der Waals surface area contributed by atoms with Gasteiger partial charge in [-0.2, -0.15) is 15.0 Å². The van der Waals surface area contributed by atoms with Gasteiger partial charge in [0.15, 0.2) is 0 Å². The van der Waals surface area contributed by atoms with Gasteiger partial charge in [0.1, 0.15) is 0 Å². The van der Waals surface area contributed by atoms with Crippen LogP contribution >= 0.6 is 0 Å². The van der Waals surface area contributed by atoms with Crippen LogP contribution in [0, 0.1) is 0 Å². The molecule has 7 heteroatoms. The van der Waals surface area contributed by atoms with Crippen molar-refractivity contribution in [1.82, 2.24) is 15.0 Å². The summed E-state index contributed by atoms with van der Waals surface area (Å²) in [7, 11) is 1.66. The highest BCUT2D eigenvalue weighted by atomic mass is 16.5. The van der Waals surface area contributed by atoms with Gasteiger partial charge < -0.3 is 20.1 Å². The molecule has 0 aromatic carbocycles. The van der Waals surface area contributed by atoms with E-state index in [1.165, 1.54) is 0 Å². The van der Waals surface area contributed by atoms with Crippen LogP contribution < -0.4 is 15.4 Å². The number of aromatic nitrogens is 3. The number of nitrogens with zero attached hydrogens (tertiary/aromatic N) is 3. The van der Waals surface area contributed by atoms with Crippen LogP contribution in [-0.2, 0) is 4.74 Å². The average Bonchev–Trinajstić information content (AvgIpc) is 2.36. The molecule has 0 saturated carbocycles. The van der Waals surface area contributed by atoms with Gasteiger partial charge in [0, 0.05) is 19.7 Å². The Morgan fingerprint density at radius 2 is 1.89 bits per heavy atom. The number of rotatable bonds is 9. The Labute approximate surface area is 114 Å². The number of anilines is 2. The van der Waals surface area contributed by atoms with E-state index in [9.17, 15) is 0 Å². The molecular weight excluding hydrogens is 246 g/mol. The minimum absolute atomic E-state index is 0.112. The van der Waals surface area contributed by atoms with Crippen LogP contribution in [0.4, 0.5) is 11.9 Å². The Morgan fingerprint density at radius 3 is 2.53 bits per heavy atom. The van der Waals surface area contributed by atoms with E-state index in [-0.39, 0.29) is 6.04 Å². The van der Waals surface area contributed by atoms with E-state index in [1.54, 1.807) is 7.11 Å². The zero-order valence-electron chi connectivity index (χ0n) is 12.1. The summed E-state index contributed by atoms with van der Waals surface area (Å²) in [6, 6.07) is 0.434. The van der Waals surface area contributed by atoms with Crippen LogP contribution in [0.5, 0.6) is 6.01 Å². The minimum Gasteiger partial charge on any atom is -0.464 e. The largest absolute Gasteiger partial charge is 0.464 e. The van der Waals surface area contributed by atoms with Gasteiger partial charge in [-0.1, -0.05) is 6.92 Å². The van der Waals surface area contributed by atoms with Gasteiger partial charge in [0.2, 0.25) is 11.9 Å². The molecule has 0 fully saturated rings. The second-order valence-corrected chi connectivity index (χ2v) is 4.13. The summed E-state index contributed by atoms with van der Waals surface area (Å²) in [5.74, 6) is 1.01. The summed E-state index contributed by atoms with van der Waals surface area (Å²) in [4.78, 5) is 12.7. The summed E-state index contributed by atoms with van der Waals surface area (Å²) in [6.07, 6.45) is 0.999. The molecule has 2 N–H and O–H groups in total. The lowest BCUT2D eigenvalue weighted by Crippen LogP contribution is -2.23. The third-order valence-corrected chi connectivity index (χ3v) is 2.21. The van der Waals surface area contributed by atoms with E-state index in [2.05, 4.69) is 32.5 Å². The van der Waals surface area contributed by atoms with Gasteiger partial charge in [-0.15, -0.1) is 0 Å². The second kappa shape index (κ2) is 8.47. The molecule has 0 aliphatic carbocycles. The van der Waals surface area contributed by atoms with Crippen molar-refractivity contribution in [3.63, 3.8) is 0 Å². The summed E-state index contributed by atoms with van der Waals surface area (Å²) in [6.45, 7) is 7.87. The predicted molar refractivity (Wildman–Crippen MR) is 74.7 cm³/mol. The van der Waals surface area contributed by atoms with Crippen molar-refractivity contribution < 1.29 is 9.47 Å². The van der Waals surface area contributed by atoms with Crippen LogP contribution in [0.1, 0.15) is 27.2 Å². The Hall–Kier alpha value is -1.63. The van der Waals surface area contributed by atoms with E-state index < -0.39 is 0 Å². The molecule has 1 atom stereocenters. The number of hydrogen-bond acceptors (Lipinski definition) is 7. The zero-order valence-corrected chi connectivity index (χ0v) is 12.1. The van der Waals surface area contributed by atoms with E-state index in [0.717, 1.165) is 13.0 Å². The Morgan fingerprint density at radius 1 is 1.16 bits per heavy atom. The second-order valence-electron chi connectivity index (χ2n) is 4.13. The molecule has 0 aliphatic rings. The molecule has 19 heavy (non-hydrogen) atoms. The molecule has 0 spiro atoms. The number of nitrogens with one attached hydrogen (secondary N) is 2. The van der Waals surface area contributed by atoms with Crippen LogP contribution in [0.3, 0.4) is 0 Å². The maximum Gasteiger partial charge on any atom is 0.323 e. The lowest BCUT2D eigenvalue weighted by Gasteiger charge is -2.14. The van der Waals surface area contributed by atoms with Crippen LogP contribution in [0.2, 0.25) is 0 Å². The van der Waals surface area contributed by atoms with Crippen molar-refractivity contribution >= 4 is 11.9 Å². The maximum absolute atomic E-state index is 5.34. The van der Waals surface area contributed by atoms with E-state index >= 15 is 0 Å². The van der Waals surface area contributed by atoms with Crippen LogP contribution in [0.25, 0.3) is 0 Å². The number of methoxy groups -OCH3 is 1. The van der Waals surface area contributed by atoms with Crippen molar-refractivity contribution in [2.75, 3.05) is 37.5 Å². The molecule has 0 bridgehead atoms. The molecule has 1 unspecified atom stereocenters. The molecule has 1 rings (SSSR count). The summed E-state index contributed by atoms with van der Waals surface area (Å²) < 4.78 is 10.4. The molecule has 0 aliphatic heterocycles. The summed E-state index contributed by atoms with van der Waals surface area (Å²) in [5.41, 5.74) is 0. The van der Waals surface area contributed by atoms with E-state index in [0.29, 0.717) is 31.1 Å². The third-order valence-electron chi connectivity index (χ3n) is 2.21. The van der Waals surface area contributed by atoms with Crippen molar-refractivity contribution in [3.8, 4) is 6.01 Å². The van der Waals surface area contributed by atoms with Gasteiger partial charge in [-0.05, 0) is 20.3 Å². The molecule has 0 radical (unpaired) electrons. The highest BCUT2D eigenvalue weighted by Crippen LogP contribution is 2.12.